The van der Waals surface area contributed by atoms with Crippen molar-refractivity contribution in [2.45, 2.75) is 38.1 Å². The Hall–Kier alpha value is -0.810. The zero-order valence-electron chi connectivity index (χ0n) is 8.13. The maximum absolute atomic E-state index is 8.96. The maximum atomic E-state index is 8.96. The van der Waals surface area contributed by atoms with Gasteiger partial charge in [0, 0.05) is 6.54 Å². The molecule has 2 nitrogen and oxygen atoms in total. The third kappa shape index (κ3) is 3.20. The van der Waals surface area contributed by atoms with Gasteiger partial charge >= 0.3 is 0 Å². The molecule has 1 atom stereocenters. The molecule has 0 aliphatic heterocycles. The summed E-state index contributed by atoms with van der Waals surface area (Å²) in [6, 6.07) is 2.39. The van der Waals surface area contributed by atoms with Crippen LogP contribution < -0.4 is 5.32 Å². The molecule has 1 fully saturated rings. The lowest BCUT2D eigenvalue weighted by atomic mass is 9.84. The van der Waals surface area contributed by atoms with Crippen LogP contribution in [0.1, 0.15) is 32.1 Å². The second kappa shape index (κ2) is 5.77. The van der Waals surface area contributed by atoms with E-state index in [2.05, 4.69) is 18.0 Å². The monoisotopic (exact) mass is 178 g/mol. The fraction of sp³-hybridized carbons (Fsp3) is 0.727. The zero-order valence-corrected chi connectivity index (χ0v) is 8.13. The zero-order chi connectivity index (χ0) is 9.52. The molecule has 1 saturated carbocycles. The average molecular weight is 178 g/mol. The van der Waals surface area contributed by atoms with E-state index in [1.807, 2.05) is 6.08 Å². The lowest BCUT2D eigenvalue weighted by Gasteiger charge is -2.25. The number of nitriles is 1. The summed E-state index contributed by atoms with van der Waals surface area (Å²) in [5.41, 5.74) is 0. The van der Waals surface area contributed by atoms with E-state index in [9.17, 15) is 0 Å². The lowest BCUT2D eigenvalue weighted by Crippen LogP contribution is -2.36. The number of rotatable bonds is 4. The Bertz CT molecular complexity index is 187. The summed E-state index contributed by atoms with van der Waals surface area (Å²) in [6.07, 6.45) is 8.16. The highest BCUT2D eigenvalue weighted by Crippen LogP contribution is 2.26. The van der Waals surface area contributed by atoms with Crippen molar-refractivity contribution in [3.05, 3.63) is 12.7 Å². The smallest absolute Gasteiger partial charge is 0.0983 e. The molecule has 0 amide bonds. The summed E-state index contributed by atoms with van der Waals surface area (Å²) in [6.45, 7) is 4.38. The van der Waals surface area contributed by atoms with Gasteiger partial charge in [0.1, 0.15) is 0 Å². The first kappa shape index (κ1) is 10.3. The van der Waals surface area contributed by atoms with E-state index in [4.69, 9.17) is 5.26 Å². The van der Waals surface area contributed by atoms with Gasteiger partial charge in [-0.1, -0.05) is 25.3 Å². The molecular weight excluding hydrogens is 160 g/mol. The minimum atomic E-state index is 0.0401. The van der Waals surface area contributed by atoms with E-state index >= 15 is 0 Å². The Morgan fingerprint density at radius 3 is 2.69 bits per heavy atom. The molecule has 1 N–H and O–H groups in total. The van der Waals surface area contributed by atoms with Gasteiger partial charge < -0.3 is 0 Å². The van der Waals surface area contributed by atoms with E-state index in [0.29, 0.717) is 5.92 Å². The first-order valence-electron chi connectivity index (χ1n) is 5.12. The molecule has 0 bridgehead atoms. The molecule has 0 saturated heterocycles. The molecule has 0 aromatic rings. The highest BCUT2D eigenvalue weighted by Gasteiger charge is 2.22. The van der Waals surface area contributed by atoms with Crippen LogP contribution in [0.25, 0.3) is 0 Å². The van der Waals surface area contributed by atoms with Crippen LogP contribution in [0.15, 0.2) is 12.7 Å². The van der Waals surface area contributed by atoms with Gasteiger partial charge in [0.05, 0.1) is 12.1 Å². The number of nitrogens with one attached hydrogen (secondary N) is 1. The van der Waals surface area contributed by atoms with E-state index in [-0.39, 0.29) is 6.04 Å². The number of hydrogen-bond donors (Lipinski definition) is 1. The van der Waals surface area contributed by atoms with Crippen molar-refractivity contribution in [3.63, 3.8) is 0 Å². The molecule has 2 heteroatoms. The molecule has 72 valence electrons. The number of nitrogens with zero attached hydrogens (tertiary/aromatic N) is 1. The Kier molecular flexibility index (Phi) is 4.56. The van der Waals surface area contributed by atoms with E-state index in [1.165, 1.54) is 32.1 Å². The molecule has 13 heavy (non-hydrogen) atoms. The normalized spacial score (nSPS) is 20.5. The minimum absolute atomic E-state index is 0.0401. The molecule has 0 spiro atoms. The molecule has 1 rings (SSSR count). The summed E-state index contributed by atoms with van der Waals surface area (Å²) < 4.78 is 0. The molecule has 1 aliphatic rings. The van der Waals surface area contributed by atoms with Crippen molar-refractivity contribution in [2.24, 2.45) is 5.92 Å². The van der Waals surface area contributed by atoms with Gasteiger partial charge in [-0.25, -0.2) is 0 Å². The highest BCUT2D eigenvalue weighted by atomic mass is 14.9. The average Bonchev–Trinajstić information content (AvgIpc) is 2.21. The first-order valence-corrected chi connectivity index (χ1v) is 5.12. The predicted molar refractivity (Wildman–Crippen MR) is 54.2 cm³/mol. The first-order chi connectivity index (χ1) is 6.38. The quantitative estimate of drug-likeness (QED) is 0.670. The van der Waals surface area contributed by atoms with Gasteiger partial charge in [-0.15, -0.1) is 6.58 Å². The summed E-state index contributed by atoms with van der Waals surface area (Å²) >= 11 is 0. The van der Waals surface area contributed by atoms with Crippen molar-refractivity contribution in [1.29, 1.82) is 5.26 Å². The van der Waals surface area contributed by atoms with Crippen molar-refractivity contribution in [1.82, 2.24) is 5.32 Å². The molecule has 0 aromatic heterocycles. The van der Waals surface area contributed by atoms with E-state index in [0.717, 1.165) is 6.54 Å². The summed E-state index contributed by atoms with van der Waals surface area (Å²) in [5, 5.41) is 12.2. The second-order valence-corrected chi connectivity index (χ2v) is 3.70. The number of hydrogen-bond acceptors (Lipinski definition) is 2. The van der Waals surface area contributed by atoms with Crippen LogP contribution in [0.3, 0.4) is 0 Å². The SMILES string of the molecule is C=CCNC(C#N)C1CCCCC1. The summed E-state index contributed by atoms with van der Waals surface area (Å²) in [4.78, 5) is 0. The van der Waals surface area contributed by atoms with Crippen LogP contribution in [0.2, 0.25) is 0 Å². The standard InChI is InChI=1S/C11H18N2/c1-2-8-13-11(9-12)10-6-4-3-5-7-10/h2,10-11,13H,1,3-8H2. The van der Waals surface area contributed by atoms with Crippen LogP contribution in [0.5, 0.6) is 0 Å². The fourth-order valence-corrected chi connectivity index (χ4v) is 2.00. The topological polar surface area (TPSA) is 35.8 Å². The van der Waals surface area contributed by atoms with Crippen molar-refractivity contribution >= 4 is 0 Å². The minimum Gasteiger partial charge on any atom is -0.298 e. The van der Waals surface area contributed by atoms with Crippen LogP contribution in [0.4, 0.5) is 0 Å². The van der Waals surface area contributed by atoms with Gasteiger partial charge in [-0.2, -0.15) is 5.26 Å². The Labute approximate surface area is 80.6 Å². The van der Waals surface area contributed by atoms with Gasteiger partial charge in [-0.3, -0.25) is 5.32 Å². The van der Waals surface area contributed by atoms with Gasteiger partial charge in [-0.05, 0) is 18.8 Å². The second-order valence-electron chi connectivity index (χ2n) is 3.70. The Morgan fingerprint density at radius 1 is 1.46 bits per heavy atom. The van der Waals surface area contributed by atoms with E-state index in [1.54, 1.807) is 0 Å². The third-order valence-electron chi connectivity index (χ3n) is 2.74. The predicted octanol–water partition coefficient (Wildman–Crippen LogP) is 2.23. The maximum Gasteiger partial charge on any atom is 0.0983 e. The highest BCUT2D eigenvalue weighted by molar-refractivity contribution is 4.96. The molecule has 0 radical (unpaired) electrons. The van der Waals surface area contributed by atoms with Crippen LogP contribution >= 0.6 is 0 Å². The lowest BCUT2D eigenvalue weighted by molar-refractivity contribution is 0.310. The molecule has 0 aromatic carbocycles. The molecule has 1 aliphatic carbocycles. The van der Waals surface area contributed by atoms with E-state index < -0.39 is 0 Å². The summed E-state index contributed by atoms with van der Waals surface area (Å²) in [5.74, 6) is 0.568. The van der Waals surface area contributed by atoms with Crippen molar-refractivity contribution < 1.29 is 0 Å². The van der Waals surface area contributed by atoms with Crippen LogP contribution in [-0.4, -0.2) is 12.6 Å². The molecule has 1 unspecified atom stereocenters. The molecule has 0 heterocycles. The fourth-order valence-electron chi connectivity index (χ4n) is 2.00. The van der Waals surface area contributed by atoms with Crippen molar-refractivity contribution in [2.75, 3.05) is 6.54 Å². The third-order valence-corrected chi connectivity index (χ3v) is 2.74. The Morgan fingerprint density at radius 2 is 2.15 bits per heavy atom. The Balaban J connectivity index is 2.35. The summed E-state index contributed by atoms with van der Waals surface area (Å²) in [7, 11) is 0. The van der Waals surface area contributed by atoms with Gasteiger partial charge in [0.15, 0.2) is 0 Å². The van der Waals surface area contributed by atoms with Crippen molar-refractivity contribution in [3.8, 4) is 6.07 Å². The van der Waals surface area contributed by atoms with Gasteiger partial charge in [0.2, 0.25) is 0 Å². The molecular formula is C11H18N2. The van der Waals surface area contributed by atoms with Gasteiger partial charge in [0.25, 0.3) is 0 Å². The van der Waals surface area contributed by atoms with Crippen LogP contribution in [-0.2, 0) is 0 Å². The largest absolute Gasteiger partial charge is 0.298 e. The van der Waals surface area contributed by atoms with Crippen LogP contribution in [0, 0.1) is 17.2 Å².